The van der Waals surface area contributed by atoms with Gasteiger partial charge in [-0.2, -0.15) is 0 Å². The van der Waals surface area contributed by atoms with Crippen LogP contribution in [0, 0.1) is 0 Å². The number of rotatable bonds is 9. The van der Waals surface area contributed by atoms with Crippen LogP contribution in [-0.2, 0) is 19.2 Å². The molecule has 0 aromatic carbocycles. The Morgan fingerprint density at radius 3 is 2.85 bits per heavy atom. The molecule has 178 valence electrons. The first kappa shape index (κ1) is 23.1. The number of aromatic nitrogens is 3. The van der Waals surface area contributed by atoms with Gasteiger partial charge in [-0.1, -0.05) is 28.3 Å². The van der Waals surface area contributed by atoms with Crippen molar-refractivity contribution in [2.45, 2.75) is 34.7 Å². The van der Waals surface area contributed by atoms with E-state index >= 15 is 0 Å². The number of hydrogen-bond acceptors (Lipinski definition) is 13. The molecule has 5 rings (SSSR count). The number of nitrogens with two attached hydrogens (primary N) is 1. The minimum atomic E-state index is -1.19. The molecule has 2 aliphatic heterocycles. The highest BCUT2D eigenvalue weighted by atomic mass is 32.2. The van der Waals surface area contributed by atoms with Gasteiger partial charge >= 0.3 is 5.97 Å². The minimum Gasteiger partial charge on any atom is -0.477 e. The lowest BCUT2D eigenvalue weighted by atomic mass is 10.0. The number of carboxylic acids is 1. The van der Waals surface area contributed by atoms with Gasteiger partial charge in [0.15, 0.2) is 15.2 Å². The molecule has 0 spiro atoms. The smallest absolute Gasteiger partial charge is 0.352 e. The third kappa shape index (κ3) is 4.62. The van der Waals surface area contributed by atoms with Gasteiger partial charge in [-0.05, 0) is 18.4 Å². The Morgan fingerprint density at radius 1 is 1.38 bits per heavy atom. The normalized spacial score (nSPS) is 22.3. The topological polar surface area (TPSA) is 173 Å². The number of carboxylic acid groups (broad SMARTS) is 1. The molecule has 16 heteroatoms. The van der Waals surface area contributed by atoms with Crippen LogP contribution in [0.2, 0.25) is 0 Å². The maximum atomic E-state index is 13.0. The zero-order valence-corrected chi connectivity index (χ0v) is 20.5. The highest BCUT2D eigenvalue weighted by molar-refractivity contribution is 8.01. The fourth-order valence-corrected chi connectivity index (χ4v) is 6.80. The Hall–Kier alpha value is -2.69. The number of nitrogens with zero attached hydrogens (tertiary/aromatic N) is 5. The van der Waals surface area contributed by atoms with E-state index in [4.69, 9.17) is 10.6 Å². The van der Waals surface area contributed by atoms with Crippen molar-refractivity contribution in [3.8, 4) is 0 Å². The van der Waals surface area contributed by atoms with Gasteiger partial charge in [0, 0.05) is 16.9 Å². The van der Waals surface area contributed by atoms with Gasteiger partial charge in [0.1, 0.15) is 34.4 Å². The zero-order valence-electron chi connectivity index (χ0n) is 17.2. The molecule has 34 heavy (non-hydrogen) atoms. The number of amides is 2. The van der Waals surface area contributed by atoms with Crippen LogP contribution >= 0.6 is 46.2 Å². The SMILES string of the molecule is Nc1nc(C(=NOC2CC2)C(=O)N[C@@H]2C(=O)N3C(C(=O)O)=C(CSc4nncs4)CS[C@H]23)cs1. The van der Waals surface area contributed by atoms with Gasteiger partial charge in [-0.3, -0.25) is 14.5 Å². The number of anilines is 1. The number of oxime groups is 1. The van der Waals surface area contributed by atoms with Crippen LogP contribution in [0.3, 0.4) is 0 Å². The molecule has 2 amide bonds. The van der Waals surface area contributed by atoms with E-state index in [0.29, 0.717) is 21.4 Å². The van der Waals surface area contributed by atoms with Crippen molar-refractivity contribution >= 4 is 74.8 Å². The van der Waals surface area contributed by atoms with Crippen molar-refractivity contribution in [2.75, 3.05) is 17.2 Å². The Labute approximate surface area is 209 Å². The molecule has 4 N–H and O–H groups in total. The van der Waals surface area contributed by atoms with Crippen molar-refractivity contribution in [3.05, 3.63) is 27.9 Å². The monoisotopic (exact) mass is 539 g/mol. The lowest BCUT2D eigenvalue weighted by Crippen LogP contribution is -2.71. The van der Waals surface area contributed by atoms with Crippen molar-refractivity contribution in [1.29, 1.82) is 0 Å². The Balaban J connectivity index is 1.31. The number of aliphatic carboxylic acids is 1. The van der Waals surface area contributed by atoms with Crippen LogP contribution < -0.4 is 11.1 Å². The van der Waals surface area contributed by atoms with Gasteiger partial charge in [0.05, 0.1) is 0 Å². The van der Waals surface area contributed by atoms with Crippen molar-refractivity contribution in [1.82, 2.24) is 25.4 Å². The summed E-state index contributed by atoms with van der Waals surface area (Å²) in [6.07, 6.45) is 1.68. The predicted molar refractivity (Wildman–Crippen MR) is 127 cm³/mol. The summed E-state index contributed by atoms with van der Waals surface area (Å²) in [5.74, 6) is -1.54. The second kappa shape index (κ2) is 9.52. The minimum absolute atomic E-state index is 0.0341. The van der Waals surface area contributed by atoms with Crippen LogP contribution in [-0.4, -0.2) is 77.7 Å². The lowest BCUT2D eigenvalue weighted by Gasteiger charge is -2.49. The van der Waals surface area contributed by atoms with Gasteiger partial charge in [-0.15, -0.1) is 33.3 Å². The van der Waals surface area contributed by atoms with E-state index in [1.54, 1.807) is 10.9 Å². The van der Waals surface area contributed by atoms with Crippen molar-refractivity contribution < 1.29 is 24.3 Å². The summed E-state index contributed by atoms with van der Waals surface area (Å²) < 4.78 is 0.715. The lowest BCUT2D eigenvalue weighted by molar-refractivity contribution is -0.150. The number of carbonyl (C=O) groups excluding carboxylic acids is 2. The van der Waals surface area contributed by atoms with E-state index < -0.39 is 29.2 Å². The van der Waals surface area contributed by atoms with Gasteiger partial charge in [0.2, 0.25) is 0 Å². The maximum absolute atomic E-state index is 13.0. The Kier molecular flexibility index (Phi) is 6.46. The van der Waals surface area contributed by atoms with E-state index in [0.717, 1.165) is 24.2 Å². The van der Waals surface area contributed by atoms with Gasteiger partial charge in [0.25, 0.3) is 11.8 Å². The molecule has 1 aliphatic carbocycles. The molecule has 0 radical (unpaired) electrons. The van der Waals surface area contributed by atoms with E-state index in [1.807, 2.05) is 0 Å². The summed E-state index contributed by atoms with van der Waals surface area (Å²) >= 11 is 5.27. The number of β-lactam (4-membered cyclic amide) rings is 1. The standard InChI is InChI=1S/C18H17N7O5S4/c19-17-21-9(5-32-17)10(24-30-8-1-2-8)13(26)22-11-14(27)25-12(16(28)29)7(3-31-15(11)25)4-33-18-23-20-6-34-18/h5-6,8,11,15H,1-4H2,(H2,19,21)(H,22,26)(H,28,29)/t11-,15-/m1/s1. The average molecular weight is 540 g/mol. The highest BCUT2D eigenvalue weighted by Gasteiger charge is 2.54. The molecule has 2 aromatic rings. The number of hydrogen-bond donors (Lipinski definition) is 3. The molecule has 2 aromatic heterocycles. The second-order valence-corrected chi connectivity index (χ2v) is 11.5. The third-order valence-electron chi connectivity index (χ3n) is 5.04. The molecule has 0 bridgehead atoms. The Morgan fingerprint density at radius 2 is 2.21 bits per heavy atom. The maximum Gasteiger partial charge on any atom is 0.352 e. The van der Waals surface area contributed by atoms with Gasteiger partial charge in [-0.25, -0.2) is 9.78 Å². The first-order chi connectivity index (χ1) is 16.4. The zero-order chi connectivity index (χ0) is 23.8. The number of nitrogens with one attached hydrogen (secondary N) is 1. The molecule has 1 saturated heterocycles. The summed E-state index contributed by atoms with van der Waals surface area (Å²) in [4.78, 5) is 48.6. The number of nitrogen functional groups attached to an aromatic ring is 1. The van der Waals surface area contributed by atoms with Gasteiger partial charge < -0.3 is 21.0 Å². The summed E-state index contributed by atoms with van der Waals surface area (Å²) in [6.45, 7) is 0. The quantitative estimate of drug-likeness (QED) is 0.179. The number of thioether (sulfide) groups is 2. The van der Waals surface area contributed by atoms with E-state index in [1.165, 1.54) is 39.8 Å². The summed E-state index contributed by atoms with van der Waals surface area (Å²) in [6, 6.07) is -0.897. The summed E-state index contributed by atoms with van der Waals surface area (Å²) in [7, 11) is 0. The van der Waals surface area contributed by atoms with Crippen LogP contribution in [0.1, 0.15) is 18.5 Å². The number of carbonyl (C=O) groups is 3. The van der Waals surface area contributed by atoms with E-state index in [2.05, 4.69) is 25.7 Å². The first-order valence-corrected chi connectivity index (χ1v) is 13.8. The number of thiazole rings is 1. The molecular formula is C18H17N7O5S4. The third-order valence-corrected chi connectivity index (χ3v) is 9.00. The molecule has 2 fully saturated rings. The molecule has 12 nitrogen and oxygen atoms in total. The molecule has 4 heterocycles. The summed E-state index contributed by atoms with van der Waals surface area (Å²) in [5, 5.41) is 25.5. The van der Waals surface area contributed by atoms with Crippen LogP contribution in [0.15, 0.2) is 31.7 Å². The van der Waals surface area contributed by atoms with Crippen LogP contribution in [0.25, 0.3) is 0 Å². The average Bonchev–Trinajstić information content (AvgIpc) is 3.30. The molecule has 0 unspecified atom stereocenters. The van der Waals surface area contributed by atoms with E-state index in [-0.39, 0.29) is 28.3 Å². The van der Waals surface area contributed by atoms with Crippen molar-refractivity contribution in [3.63, 3.8) is 0 Å². The van der Waals surface area contributed by atoms with Crippen molar-refractivity contribution in [2.24, 2.45) is 5.16 Å². The molecule has 2 atom stereocenters. The molecule has 1 saturated carbocycles. The first-order valence-electron chi connectivity index (χ1n) is 9.97. The Bertz CT molecular complexity index is 1190. The van der Waals surface area contributed by atoms with Crippen LogP contribution in [0.5, 0.6) is 0 Å². The highest BCUT2D eigenvalue weighted by Crippen LogP contribution is 2.41. The fraction of sp³-hybridized carbons (Fsp3) is 0.389. The van der Waals surface area contributed by atoms with E-state index in [9.17, 15) is 19.5 Å². The van der Waals surface area contributed by atoms with Crippen LogP contribution in [0.4, 0.5) is 5.13 Å². The molecule has 3 aliphatic rings. The number of fused-ring (bicyclic) bond motifs is 1. The fourth-order valence-electron chi connectivity index (χ4n) is 3.28. The molecular weight excluding hydrogens is 523 g/mol. The largest absolute Gasteiger partial charge is 0.477 e. The summed E-state index contributed by atoms with van der Waals surface area (Å²) in [5.41, 5.74) is 8.04. The second-order valence-electron chi connectivity index (χ2n) is 7.43. The predicted octanol–water partition coefficient (Wildman–Crippen LogP) is 0.991.